The van der Waals surface area contributed by atoms with Gasteiger partial charge in [0, 0.05) is 28.9 Å². The third kappa shape index (κ3) is 4.98. The molecule has 0 radical (unpaired) electrons. The Morgan fingerprint density at radius 1 is 1.39 bits per heavy atom. The summed E-state index contributed by atoms with van der Waals surface area (Å²) >= 11 is 1.34. The lowest BCUT2D eigenvalue weighted by molar-refractivity contribution is 0.0605. The molecule has 0 bridgehead atoms. The van der Waals surface area contributed by atoms with Crippen molar-refractivity contribution < 1.29 is 23.8 Å². The van der Waals surface area contributed by atoms with Crippen molar-refractivity contribution in [2.75, 3.05) is 18.0 Å². The zero-order valence-electron chi connectivity index (χ0n) is 18.4. The number of carboxylic acid groups (broad SMARTS) is 1. The van der Waals surface area contributed by atoms with E-state index in [9.17, 15) is 19.1 Å². The minimum atomic E-state index is -1.09. The van der Waals surface area contributed by atoms with E-state index >= 15 is 0 Å². The summed E-state index contributed by atoms with van der Waals surface area (Å²) in [6.07, 6.45) is 2.82. The van der Waals surface area contributed by atoms with Crippen LogP contribution in [0.15, 0.2) is 42.3 Å². The minimum Gasteiger partial charge on any atom is -0.465 e. The van der Waals surface area contributed by atoms with Crippen LogP contribution in [-0.2, 0) is 11.3 Å². The number of aromatic nitrogens is 3. The number of hydrogen-bond donors (Lipinski definition) is 1. The van der Waals surface area contributed by atoms with Crippen LogP contribution >= 0.6 is 11.3 Å². The van der Waals surface area contributed by atoms with Crippen LogP contribution in [0.2, 0.25) is 0 Å². The van der Waals surface area contributed by atoms with E-state index in [1.165, 1.54) is 27.2 Å². The van der Waals surface area contributed by atoms with Crippen LogP contribution in [-0.4, -0.2) is 61.5 Å². The molecule has 9 nitrogen and oxygen atoms in total. The van der Waals surface area contributed by atoms with E-state index in [4.69, 9.17) is 4.74 Å². The molecule has 2 amide bonds. The van der Waals surface area contributed by atoms with Gasteiger partial charge < -0.3 is 14.4 Å². The largest absolute Gasteiger partial charge is 0.465 e. The molecule has 0 aliphatic carbocycles. The summed E-state index contributed by atoms with van der Waals surface area (Å²) in [4.78, 5) is 35.0. The Bertz CT molecular complexity index is 1160. The maximum Gasteiger partial charge on any atom is 0.414 e. The predicted octanol–water partition coefficient (Wildman–Crippen LogP) is 4.30. The summed E-state index contributed by atoms with van der Waals surface area (Å²) in [6.45, 7) is 6.00. The molecule has 4 rings (SSSR count). The van der Waals surface area contributed by atoms with Gasteiger partial charge in [-0.2, -0.15) is 0 Å². The van der Waals surface area contributed by atoms with Crippen molar-refractivity contribution in [3.63, 3.8) is 0 Å². The first-order valence-electron chi connectivity index (χ1n) is 10.3. The van der Waals surface area contributed by atoms with Crippen LogP contribution < -0.4 is 4.90 Å². The first-order chi connectivity index (χ1) is 15.6. The summed E-state index contributed by atoms with van der Waals surface area (Å²) in [7, 11) is 0. The lowest BCUT2D eigenvalue weighted by Crippen LogP contribution is -2.49. The number of rotatable bonds is 6. The molecule has 33 heavy (non-hydrogen) atoms. The number of amides is 2. The summed E-state index contributed by atoms with van der Waals surface area (Å²) in [5, 5.41) is 11.9. The molecule has 3 aromatic rings. The van der Waals surface area contributed by atoms with Gasteiger partial charge in [-0.05, 0) is 39.0 Å². The Morgan fingerprint density at radius 2 is 2.18 bits per heavy atom. The molecule has 1 aliphatic rings. The number of halogens is 1. The smallest absolute Gasteiger partial charge is 0.414 e. The van der Waals surface area contributed by atoms with E-state index in [2.05, 4.69) is 9.97 Å². The van der Waals surface area contributed by atoms with Crippen molar-refractivity contribution in [1.29, 1.82) is 0 Å². The fourth-order valence-corrected chi connectivity index (χ4v) is 4.42. The molecule has 174 valence electrons. The zero-order valence-corrected chi connectivity index (χ0v) is 19.3. The van der Waals surface area contributed by atoms with Crippen LogP contribution in [0.5, 0.6) is 0 Å². The fraction of sp³-hybridized carbons (Fsp3) is 0.364. The first kappa shape index (κ1) is 22.7. The molecule has 1 aromatic carbocycles. The second-order valence-electron chi connectivity index (χ2n) is 8.72. The highest BCUT2D eigenvalue weighted by atomic mass is 32.1. The lowest BCUT2D eigenvalue weighted by Gasteiger charge is -2.34. The Kier molecular flexibility index (Phi) is 6.07. The molecule has 1 saturated heterocycles. The first-order valence-corrected chi connectivity index (χ1v) is 11.2. The normalized spacial score (nSPS) is 16.2. The number of imidazole rings is 1. The summed E-state index contributed by atoms with van der Waals surface area (Å²) in [5.41, 5.74) is 0.833. The number of benzene rings is 1. The Labute approximate surface area is 194 Å². The molecule has 11 heteroatoms. The number of hydrogen-bond acceptors (Lipinski definition) is 6. The van der Waals surface area contributed by atoms with Crippen LogP contribution in [0, 0.1) is 5.82 Å². The van der Waals surface area contributed by atoms with E-state index in [1.807, 2.05) is 16.1 Å². The van der Waals surface area contributed by atoms with Gasteiger partial charge in [-0.15, -0.1) is 11.3 Å². The standard InChI is InChI=1S/C22H24FN5O4S/c1-22(2,3)28(20(29)30)11-16-10-27(21(31)32-16)15-4-5-17(18(23)8-15)19-25-14(12-33-19)9-26-7-6-24-13-26/h4-8,12-13,16H,9-11H2,1-3H3,(H,29,30)/t16-/m1/s1. The van der Waals surface area contributed by atoms with Crippen molar-refractivity contribution in [1.82, 2.24) is 19.4 Å². The maximum absolute atomic E-state index is 15.0. The lowest BCUT2D eigenvalue weighted by atomic mass is 10.1. The topological polar surface area (TPSA) is 101 Å². The molecule has 2 aromatic heterocycles. The Hall–Kier alpha value is -3.47. The zero-order chi connectivity index (χ0) is 23.8. The fourth-order valence-electron chi connectivity index (χ4n) is 3.59. The molecular formula is C22H24FN5O4S. The molecule has 0 spiro atoms. The monoisotopic (exact) mass is 473 g/mol. The van der Waals surface area contributed by atoms with E-state index < -0.39 is 29.6 Å². The van der Waals surface area contributed by atoms with Gasteiger partial charge in [0.05, 0.1) is 37.3 Å². The molecule has 1 aliphatic heterocycles. The van der Waals surface area contributed by atoms with E-state index in [0.717, 1.165) is 5.69 Å². The Balaban J connectivity index is 1.47. The van der Waals surface area contributed by atoms with Gasteiger partial charge in [0.25, 0.3) is 0 Å². The van der Waals surface area contributed by atoms with Gasteiger partial charge in [0.15, 0.2) is 0 Å². The molecule has 1 N–H and O–H groups in total. The Morgan fingerprint density at radius 3 is 2.82 bits per heavy atom. The number of carbonyl (C=O) groups excluding carboxylic acids is 1. The highest BCUT2D eigenvalue weighted by Gasteiger charge is 2.37. The maximum atomic E-state index is 15.0. The van der Waals surface area contributed by atoms with E-state index in [-0.39, 0.29) is 13.1 Å². The number of ether oxygens (including phenoxy) is 1. The number of thiazole rings is 1. The number of nitrogens with zero attached hydrogens (tertiary/aromatic N) is 5. The molecular weight excluding hydrogens is 449 g/mol. The van der Waals surface area contributed by atoms with Crippen LogP contribution in [0.4, 0.5) is 19.7 Å². The quantitative estimate of drug-likeness (QED) is 0.573. The van der Waals surface area contributed by atoms with Crippen molar-refractivity contribution in [3.05, 3.63) is 53.8 Å². The van der Waals surface area contributed by atoms with Crippen molar-refractivity contribution in [3.8, 4) is 10.6 Å². The van der Waals surface area contributed by atoms with Crippen LogP contribution in [0.1, 0.15) is 26.5 Å². The van der Waals surface area contributed by atoms with E-state index in [0.29, 0.717) is 22.8 Å². The SMILES string of the molecule is CC(C)(C)N(C[C@H]1CN(c2ccc(-c3nc(Cn4ccnc4)cs3)c(F)c2)C(=O)O1)C(=O)O. The van der Waals surface area contributed by atoms with Crippen LogP contribution in [0.3, 0.4) is 0 Å². The summed E-state index contributed by atoms with van der Waals surface area (Å²) < 4.78 is 22.2. The third-order valence-electron chi connectivity index (χ3n) is 5.25. The van der Waals surface area contributed by atoms with Crippen LogP contribution in [0.25, 0.3) is 10.6 Å². The second-order valence-corrected chi connectivity index (χ2v) is 9.58. The predicted molar refractivity (Wildman–Crippen MR) is 121 cm³/mol. The summed E-state index contributed by atoms with van der Waals surface area (Å²) in [6, 6.07) is 4.50. The molecule has 0 unspecified atom stereocenters. The van der Waals surface area contributed by atoms with Crippen molar-refractivity contribution >= 4 is 29.2 Å². The van der Waals surface area contributed by atoms with Gasteiger partial charge in [0.2, 0.25) is 0 Å². The van der Waals surface area contributed by atoms with Crippen molar-refractivity contribution in [2.45, 2.75) is 39.0 Å². The number of anilines is 1. The third-order valence-corrected chi connectivity index (χ3v) is 6.18. The van der Waals surface area contributed by atoms with Gasteiger partial charge >= 0.3 is 12.2 Å². The minimum absolute atomic E-state index is 0.0282. The highest BCUT2D eigenvalue weighted by Crippen LogP contribution is 2.31. The van der Waals surface area contributed by atoms with E-state index in [1.54, 1.807) is 45.4 Å². The highest BCUT2D eigenvalue weighted by molar-refractivity contribution is 7.13. The van der Waals surface area contributed by atoms with Gasteiger partial charge in [-0.1, -0.05) is 0 Å². The molecule has 1 fully saturated rings. The molecule has 1 atom stereocenters. The average Bonchev–Trinajstić information content (AvgIpc) is 3.47. The molecule has 0 saturated carbocycles. The number of carbonyl (C=O) groups is 2. The number of cyclic esters (lactones) is 1. The van der Waals surface area contributed by atoms with Crippen molar-refractivity contribution in [2.24, 2.45) is 0 Å². The molecule has 3 heterocycles. The average molecular weight is 474 g/mol. The van der Waals surface area contributed by atoms with Gasteiger partial charge in [-0.25, -0.2) is 23.9 Å². The second kappa shape index (κ2) is 8.81. The summed E-state index contributed by atoms with van der Waals surface area (Å²) in [5.74, 6) is -0.505. The van der Waals surface area contributed by atoms with Gasteiger partial charge in [0.1, 0.15) is 16.9 Å². The van der Waals surface area contributed by atoms with Gasteiger partial charge in [-0.3, -0.25) is 9.80 Å².